The minimum atomic E-state index is -3.74. The van der Waals surface area contributed by atoms with Gasteiger partial charge in [-0.05, 0) is 97.1 Å². The van der Waals surface area contributed by atoms with Crippen molar-refractivity contribution in [3.05, 3.63) is 235 Å². The van der Waals surface area contributed by atoms with E-state index in [0.717, 1.165) is 106 Å². The third-order valence-electron chi connectivity index (χ3n) is 13.4. The van der Waals surface area contributed by atoms with E-state index >= 15 is 0 Å². The van der Waals surface area contributed by atoms with Gasteiger partial charge in [-0.3, -0.25) is 4.98 Å². The molecule has 0 amide bonds. The second-order valence-electron chi connectivity index (χ2n) is 16.7. The van der Waals surface area contributed by atoms with Gasteiger partial charge in [-0.15, -0.1) is 0 Å². The fourth-order valence-corrected chi connectivity index (χ4v) is 12.3. The molecule has 2 aliphatic carbocycles. The molecule has 3 heterocycles. The first-order chi connectivity index (χ1) is 31.5. The molecule has 10 aromatic rings. The summed E-state index contributed by atoms with van der Waals surface area (Å²) in [6.07, 6.45) is 3.66. The molecule has 0 saturated heterocycles. The maximum atomic E-state index is 14.3. The van der Waals surface area contributed by atoms with Crippen LogP contribution in [-0.4, -0.2) is 23.4 Å². The Morgan fingerprint density at radius 1 is 0.359 bits per heavy atom. The molecule has 1 spiro atoms. The summed E-state index contributed by atoms with van der Waals surface area (Å²) in [4.78, 5) is 15.7. The summed E-state index contributed by atoms with van der Waals surface area (Å²) in [6.45, 7) is 0. The standard InChI is InChI=1S/C58H35N3O2S/c62-64(63)53-23-11-8-20-46(53)56-54(64)31-30-49-55(56)45-19-7-10-22-48(45)58(49)47-21-9-6-18-43(47)41-16-4-5-17-42(41)44-29-28-39(33-50(44)58)57-60-51(37-13-2-1-3-14-37)34-52(61-57)38-26-24-36(25-27-38)40-15-12-32-59-35-40/h1-35H. The van der Waals surface area contributed by atoms with Gasteiger partial charge >= 0.3 is 0 Å². The molecular weight excluding hydrogens is 803 g/mol. The number of nitrogens with zero attached hydrogens (tertiary/aromatic N) is 3. The van der Waals surface area contributed by atoms with E-state index in [-0.39, 0.29) is 0 Å². The predicted octanol–water partition coefficient (Wildman–Crippen LogP) is 13.4. The average Bonchev–Trinajstić information content (AvgIpc) is 3.75. The van der Waals surface area contributed by atoms with Crippen LogP contribution in [0.4, 0.5) is 0 Å². The van der Waals surface area contributed by atoms with Gasteiger partial charge in [0.05, 0.1) is 26.6 Å². The third kappa shape index (κ3) is 5.11. The molecule has 5 nitrogen and oxygen atoms in total. The van der Waals surface area contributed by atoms with Crippen molar-refractivity contribution in [2.24, 2.45) is 0 Å². The van der Waals surface area contributed by atoms with Crippen molar-refractivity contribution in [2.75, 3.05) is 0 Å². The Morgan fingerprint density at radius 3 is 1.64 bits per heavy atom. The molecule has 0 radical (unpaired) electrons. The zero-order valence-corrected chi connectivity index (χ0v) is 35.1. The summed E-state index contributed by atoms with van der Waals surface area (Å²) in [5.74, 6) is 0.608. The van der Waals surface area contributed by atoms with E-state index in [9.17, 15) is 8.42 Å². The van der Waals surface area contributed by atoms with Crippen molar-refractivity contribution < 1.29 is 8.42 Å². The van der Waals surface area contributed by atoms with E-state index in [1.54, 1.807) is 12.3 Å². The minimum Gasteiger partial charge on any atom is -0.264 e. The first-order valence-electron chi connectivity index (χ1n) is 21.4. The normalized spacial score (nSPS) is 15.5. The predicted molar refractivity (Wildman–Crippen MR) is 254 cm³/mol. The maximum Gasteiger partial charge on any atom is 0.207 e. The molecule has 0 bridgehead atoms. The summed E-state index contributed by atoms with van der Waals surface area (Å²) in [5.41, 5.74) is 18.1. The highest BCUT2D eigenvalue weighted by molar-refractivity contribution is 7.92. The lowest BCUT2D eigenvalue weighted by Gasteiger charge is -2.35. The van der Waals surface area contributed by atoms with Crippen molar-refractivity contribution >= 4 is 9.84 Å². The van der Waals surface area contributed by atoms with E-state index in [1.165, 1.54) is 0 Å². The van der Waals surface area contributed by atoms with Gasteiger partial charge in [0.25, 0.3) is 0 Å². The SMILES string of the molecule is O=S1(=O)c2ccccc2-c2c1ccc1c2-c2ccccc2C12c1ccccc1-c1ccccc1-c1ccc(-c3nc(-c4ccccc4)cc(-c4ccc(-c5cccnc5)cc4)n3)cc12. The fourth-order valence-electron chi connectivity index (χ4n) is 10.7. The van der Waals surface area contributed by atoms with Crippen LogP contribution in [-0.2, 0) is 15.3 Å². The zero-order valence-electron chi connectivity index (χ0n) is 34.3. The van der Waals surface area contributed by atoms with Crippen molar-refractivity contribution in [1.29, 1.82) is 0 Å². The van der Waals surface area contributed by atoms with Crippen LogP contribution in [0.5, 0.6) is 0 Å². The minimum absolute atomic E-state index is 0.352. The largest absolute Gasteiger partial charge is 0.264 e. The molecule has 13 rings (SSSR count). The van der Waals surface area contributed by atoms with Gasteiger partial charge in [-0.2, -0.15) is 0 Å². The highest BCUT2D eigenvalue weighted by atomic mass is 32.2. The van der Waals surface area contributed by atoms with E-state index < -0.39 is 15.3 Å². The Bertz CT molecular complexity index is 3680. The van der Waals surface area contributed by atoms with Gasteiger partial charge in [-0.1, -0.05) is 170 Å². The number of pyridine rings is 1. The third-order valence-corrected chi connectivity index (χ3v) is 15.3. The van der Waals surface area contributed by atoms with Crippen LogP contribution in [0.2, 0.25) is 0 Å². The Kier molecular flexibility index (Phi) is 7.84. The number of hydrogen-bond acceptors (Lipinski definition) is 5. The summed E-state index contributed by atoms with van der Waals surface area (Å²) < 4.78 is 28.6. The van der Waals surface area contributed by atoms with Crippen LogP contribution in [0.3, 0.4) is 0 Å². The number of fused-ring (bicyclic) bond motifs is 16. The topological polar surface area (TPSA) is 72.8 Å². The number of aromatic nitrogens is 3. The molecule has 1 aliphatic heterocycles. The molecule has 0 N–H and O–H groups in total. The molecule has 6 heteroatoms. The second kappa shape index (κ2) is 13.7. The summed E-state index contributed by atoms with van der Waals surface area (Å²) in [6, 6.07) is 68.9. The number of hydrogen-bond donors (Lipinski definition) is 0. The number of benzene rings is 8. The monoisotopic (exact) mass is 837 g/mol. The Labute approximate surface area is 371 Å². The molecule has 8 aromatic carbocycles. The summed E-state index contributed by atoms with van der Waals surface area (Å²) >= 11 is 0. The molecule has 64 heavy (non-hydrogen) atoms. The van der Waals surface area contributed by atoms with Gasteiger partial charge in [-0.25, -0.2) is 18.4 Å². The zero-order chi connectivity index (χ0) is 42.6. The van der Waals surface area contributed by atoms with Gasteiger partial charge in [0, 0.05) is 40.2 Å². The second-order valence-corrected chi connectivity index (χ2v) is 18.5. The van der Waals surface area contributed by atoms with Crippen molar-refractivity contribution in [2.45, 2.75) is 15.2 Å². The van der Waals surface area contributed by atoms with Crippen molar-refractivity contribution in [3.8, 4) is 89.5 Å². The van der Waals surface area contributed by atoms with Crippen LogP contribution in [0, 0.1) is 0 Å². The molecule has 1 atom stereocenters. The highest BCUT2D eigenvalue weighted by Gasteiger charge is 2.52. The van der Waals surface area contributed by atoms with Gasteiger partial charge in [0.2, 0.25) is 9.84 Å². The molecular formula is C58H35N3O2S. The van der Waals surface area contributed by atoms with Crippen LogP contribution in [0.1, 0.15) is 22.3 Å². The van der Waals surface area contributed by atoms with Crippen LogP contribution < -0.4 is 0 Å². The van der Waals surface area contributed by atoms with Gasteiger partial charge in [0.15, 0.2) is 5.82 Å². The van der Waals surface area contributed by atoms with E-state index in [1.807, 2.05) is 54.7 Å². The van der Waals surface area contributed by atoms with Crippen LogP contribution >= 0.6 is 0 Å². The first-order valence-corrected chi connectivity index (χ1v) is 22.9. The van der Waals surface area contributed by atoms with Crippen molar-refractivity contribution in [1.82, 2.24) is 15.0 Å². The fraction of sp³-hybridized carbons (Fsp3) is 0.0172. The first kappa shape index (κ1) is 36.6. The average molecular weight is 838 g/mol. The maximum absolute atomic E-state index is 14.3. The molecule has 3 aliphatic rings. The smallest absolute Gasteiger partial charge is 0.207 e. The summed E-state index contributed by atoms with van der Waals surface area (Å²) in [7, 11) is -3.74. The van der Waals surface area contributed by atoms with E-state index in [0.29, 0.717) is 15.6 Å². The van der Waals surface area contributed by atoms with Crippen molar-refractivity contribution in [3.63, 3.8) is 0 Å². The highest BCUT2D eigenvalue weighted by Crippen LogP contribution is 2.65. The molecule has 0 fully saturated rings. The summed E-state index contributed by atoms with van der Waals surface area (Å²) in [5, 5.41) is 0. The van der Waals surface area contributed by atoms with E-state index in [4.69, 9.17) is 9.97 Å². The lowest BCUT2D eigenvalue weighted by Crippen LogP contribution is -2.29. The van der Waals surface area contributed by atoms with E-state index in [2.05, 4.69) is 151 Å². The molecule has 2 aromatic heterocycles. The number of rotatable bonds is 4. The quantitative estimate of drug-likeness (QED) is 0.177. The Morgan fingerprint density at radius 2 is 0.922 bits per heavy atom. The molecule has 0 saturated carbocycles. The Hall–Kier alpha value is -8.06. The van der Waals surface area contributed by atoms with Gasteiger partial charge in [0.1, 0.15) is 0 Å². The Balaban J connectivity index is 1.11. The lowest BCUT2D eigenvalue weighted by atomic mass is 9.65. The molecule has 300 valence electrons. The lowest BCUT2D eigenvalue weighted by molar-refractivity contribution is 0.598. The van der Waals surface area contributed by atoms with Gasteiger partial charge < -0.3 is 0 Å². The van der Waals surface area contributed by atoms with Crippen LogP contribution in [0.25, 0.3) is 89.5 Å². The molecule has 1 unspecified atom stereocenters. The number of sulfone groups is 1. The van der Waals surface area contributed by atoms with Crippen LogP contribution in [0.15, 0.2) is 222 Å².